The molecule has 1 rings (SSSR count). The van der Waals surface area contributed by atoms with Crippen LogP contribution < -0.4 is 11.5 Å². The van der Waals surface area contributed by atoms with Gasteiger partial charge in [0.25, 0.3) is 0 Å². The van der Waals surface area contributed by atoms with E-state index in [-0.39, 0.29) is 24.3 Å². The van der Waals surface area contributed by atoms with E-state index in [0.717, 1.165) is 0 Å². The Balaban J connectivity index is 0.000000796. The Morgan fingerprint density at radius 3 is 1.45 bits per heavy atom. The van der Waals surface area contributed by atoms with Gasteiger partial charge in [-0.15, -0.1) is 0 Å². The second-order valence-electron chi connectivity index (χ2n) is 3.39. The molecule has 0 fully saturated rings. The Hall–Kier alpha value is -2.57. The fourth-order valence-corrected chi connectivity index (χ4v) is 1.26. The number of primary amides is 2. The molecule has 0 heterocycles. The average molecular weight is 282 g/mol. The number of nitrogens with two attached hydrogens (primary N) is 2. The fourth-order valence-electron chi connectivity index (χ4n) is 1.26. The maximum atomic E-state index is 11.5. The van der Waals surface area contributed by atoms with E-state index in [2.05, 4.69) is 11.5 Å². The monoisotopic (exact) mass is 282 g/mol. The molecule has 7 nitrogen and oxygen atoms in total. The predicted octanol–water partition coefficient (Wildman–Crippen LogP) is 1.06. The molecule has 4 N–H and O–H groups in total. The number of benzene rings is 1. The number of hydrogen-bond donors (Lipinski definition) is 2. The van der Waals surface area contributed by atoms with Crippen molar-refractivity contribution in [1.82, 2.24) is 0 Å². The first kappa shape index (κ1) is 17.4. The Labute approximate surface area is 116 Å². The van der Waals surface area contributed by atoms with Gasteiger partial charge in [-0.05, 0) is 26.0 Å². The van der Waals surface area contributed by atoms with Crippen molar-refractivity contribution in [2.24, 2.45) is 11.5 Å². The van der Waals surface area contributed by atoms with E-state index in [1.807, 2.05) is 0 Å². The fraction of sp³-hybridized carbons (Fsp3) is 0.308. The first-order valence-corrected chi connectivity index (χ1v) is 5.92. The third kappa shape index (κ3) is 6.39. The van der Waals surface area contributed by atoms with Crippen molar-refractivity contribution in [3.05, 3.63) is 35.4 Å². The molecule has 0 spiro atoms. The molecule has 0 saturated heterocycles. The molecule has 0 aromatic heterocycles. The zero-order valence-electron chi connectivity index (χ0n) is 11.4. The summed E-state index contributed by atoms with van der Waals surface area (Å²) in [5.74, 6) is -1.02. The van der Waals surface area contributed by atoms with Crippen molar-refractivity contribution < 1.29 is 23.9 Å². The third-order valence-corrected chi connectivity index (χ3v) is 1.92. The summed E-state index contributed by atoms with van der Waals surface area (Å²) < 4.78 is 9.70. The van der Waals surface area contributed by atoms with Gasteiger partial charge < -0.3 is 20.9 Å². The summed E-state index contributed by atoms with van der Waals surface area (Å²) in [6.45, 7) is 3.97. The number of carbonyl (C=O) groups is 3. The molecule has 7 heteroatoms. The zero-order valence-corrected chi connectivity index (χ0v) is 11.4. The first-order valence-electron chi connectivity index (χ1n) is 5.92. The molecule has 0 unspecified atom stereocenters. The van der Waals surface area contributed by atoms with Crippen LogP contribution in [0.2, 0.25) is 0 Å². The highest BCUT2D eigenvalue weighted by Crippen LogP contribution is 2.11. The molecule has 0 radical (unpaired) electrons. The number of ether oxygens (including phenoxy) is 2. The molecule has 0 atom stereocenters. The lowest BCUT2D eigenvalue weighted by molar-refractivity contribution is 0.0479. The summed E-state index contributed by atoms with van der Waals surface area (Å²) in [7, 11) is 0. The van der Waals surface area contributed by atoms with Crippen LogP contribution in [0.1, 0.15) is 34.6 Å². The normalized spacial score (nSPS) is 8.90. The lowest BCUT2D eigenvalue weighted by Gasteiger charge is -2.07. The Bertz CT molecular complexity index is 433. The Morgan fingerprint density at radius 2 is 1.20 bits per heavy atom. The van der Waals surface area contributed by atoms with Crippen LogP contribution in [-0.2, 0) is 9.47 Å². The largest absolute Gasteiger partial charge is 0.462 e. The van der Waals surface area contributed by atoms with E-state index in [4.69, 9.17) is 14.3 Å². The van der Waals surface area contributed by atoms with Gasteiger partial charge in [-0.2, -0.15) is 0 Å². The van der Waals surface area contributed by atoms with Gasteiger partial charge >= 0.3 is 18.0 Å². The van der Waals surface area contributed by atoms with Crippen LogP contribution in [0.25, 0.3) is 0 Å². The summed E-state index contributed by atoms with van der Waals surface area (Å²) in [5.41, 5.74) is 8.98. The molecule has 0 aliphatic rings. The number of carbonyl (C=O) groups excluding carboxylic acids is 3. The topological polar surface area (TPSA) is 122 Å². The zero-order chi connectivity index (χ0) is 15.5. The summed E-state index contributed by atoms with van der Waals surface area (Å²) in [5, 5.41) is 0. The maximum absolute atomic E-state index is 11.5. The molecule has 0 saturated carbocycles. The van der Waals surface area contributed by atoms with Crippen LogP contribution >= 0.6 is 0 Å². The molecular formula is C13H18N2O5. The van der Waals surface area contributed by atoms with E-state index < -0.39 is 18.0 Å². The summed E-state index contributed by atoms with van der Waals surface area (Å²) in [4.78, 5) is 32.1. The number of hydrogen-bond acceptors (Lipinski definition) is 5. The van der Waals surface area contributed by atoms with Crippen molar-refractivity contribution in [2.45, 2.75) is 13.8 Å². The van der Waals surface area contributed by atoms with Crippen molar-refractivity contribution in [3.8, 4) is 0 Å². The first-order chi connectivity index (χ1) is 9.43. The molecule has 2 amide bonds. The molecule has 1 aromatic carbocycles. The van der Waals surface area contributed by atoms with Crippen molar-refractivity contribution in [2.75, 3.05) is 13.2 Å². The predicted molar refractivity (Wildman–Crippen MR) is 72.1 cm³/mol. The highest BCUT2D eigenvalue weighted by atomic mass is 16.5. The number of esters is 2. The van der Waals surface area contributed by atoms with Crippen LogP contribution in [0.3, 0.4) is 0 Å². The van der Waals surface area contributed by atoms with Crippen LogP contribution in [0.5, 0.6) is 0 Å². The number of urea groups is 1. The van der Waals surface area contributed by atoms with E-state index >= 15 is 0 Å². The van der Waals surface area contributed by atoms with Crippen LogP contribution in [0.15, 0.2) is 24.3 Å². The molecule has 20 heavy (non-hydrogen) atoms. The molecule has 110 valence electrons. The standard InChI is InChI=1S/C12H14O4.CH4N2O/c1-3-15-11(13)9-7-5-6-8-10(9)12(14)16-4-2;2-1(3)4/h5-8H,3-4H2,1-2H3;(H4,2,3,4). The maximum Gasteiger partial charge on any atom is 0.338 e. The smallest absolute Gasteiger partial charge is 0.338 e. The van der Waals surface area contributed by atoms with E-state index in [1.54, 1.807) is 38.1 Å². The molecule has 1 aromatic rings. The van der Waals surface area contributed by atoms with E-state index in [9.17, 15) is 9.59 Å². The average Bonchev–Trinajstić information content (AvgIpc) is 2.38. The third-order valence-electron chi connectivity index (χ3n) is 1.92. The van der Waals surface area contributed by atoms with Gasteiger partial charge in [0.2, 0.25) is 0 Å². The highest BCUT2D eigenvalue weighted by molar-refractivity contribution is 6.03. The summed E-state index contributed by atoms with van der Waals surface area (Å²) >= 11 is 0. The second kappa shape index (κ2) is 9.37. The minimum atomic E-state index is -0.833. The minimum Gasteiger partial charge on any atom is -0.462 e. The lowest BCUT2D eigenvalue weighted by atomic mass is 10.1. The van der Waals surface area contributed by atoms with Crippen LogP contribution in [-0.4, -0.2) is 31.2 Å². The van der Waals surface area contributed by atoms with Gasteiger partial charge in [-0.1, -0.05) is 12.1 Å². The van der Waals surface area contributed by atoms with Crippen LogP contribution in [0, 0.1) is 0 Å². The van der Waals surface area contributed by atoms with E-state index in [1.165, 1.54) is 0 Å². The Kier molecular flexibility index (Phi) is 8.17. The molecule has 0 aliphatic heterocycles. The molecular weight excluding hydrogens is 264 g/mol. The van der Waals surface area contributed by atoms with Gasteiger partial charge in [-0.3, -0.25) is 0 Å². The highest BCUT2D eigenvalue weighted by Gasteiger charge is 2.17. The molecule has 0 aliphatic carbocycles. The SMILES string of the molecule is CCOC(=O)c1ccccc1C(=O)OCC.NC(N)=O. The van der Waals surface area contributed by atoms with Crippen molar-refractivity contribution in [3.63, 3.8) is 0 Å². The number of amides is 2. The van der Waals surface area contributed by atoms with Gasteiger partial charge in [0.05, 0.1) is 24.3 Å². The van der Waals surface area contributed by atoms with Gasteiger partial charge in [-0.25, -0.2) is 14.4 Å². The van der Waals surface area contributed by atoms with Gasteiger partial charge in [0.1, 0.15) is 0 Å². The van der Waals surface area contributed by atoms with Crippen molar-refractivity contribution in [1.29, 1.82) is 0 Å². The van der Waals surface area contributed by atoms with E-state index in [0.29, 0.717) is 0 Å². The quantitative estimate of drug-likeness (QED) is 0.800. The summed E-state index contributed by atoms with van der Waals surface area (Å²) in [6.07, 6.45) is 0. The minimum absolute atomic E-state index is 0.239. The molecule has 0 bridgehead atoms. The van der Waals surface area contributed by atoms with Gasteiger partial charge in [0, 0.05) is 0 Å². The summed E-state index contributed by atoms with van der Waals surface area (Å²) in [6, 6.07) is 5.61. The van der Waals surface area contributed by atoms with Crippen molar-refractivity contribution >= 4 is 18.0 Å². The Morgan fingerprint density at radius 1 is 0.900 bits per heavy atom. The van der Waals surface area contributed by atoms with Gasteiger partial charge in [0.15, 0.2) is 0 Å². The number of rotatable bonds is 4. The van der Waals surface area contributed by atoms with Crippen LogP contribution in [0.4, 0.5) is 4.79 Å². The second-order valence-corrected chi connectivity index (χ2v) is 3.39. The lowest BCUT2D eigenvalue weighted by Crippen LogP contribution is -2.18.